The molecule has 0 aromatic heterocycles. The first-order valence-corrected chi connectivity index (χ1v) is 8.11. The fourth-order valence-electron chi connectivity index (χ4n) is 2.08. The maximum atomic E-state index is 13.3. The Morgan fingerprint density at radius 1 is 1.21 bits per heavy atom. The number of ketones is 1. The first-order valence-electron chi connectivity index (χ1n) is 7.32. The molecule has 1 N–H and O–H groups in total. The predicted octanol–water partition coefficient (Wildman–Crippen LogP) is 4.51. The van der Waals surface area contributed by atoms with Gasteiger partial charge in [0.25, 0.3) is 5.91 Å². The van der Waals surface area contributed by atoms with Crippen LogP contribution < -0.4 is 10.1 Å². The lowest BCUT2D eigenvalue weighted by atomic mass is 10.1. The van der Waals surface area contributed by atoms with Crippen LogP contribution in [0.4, 0.5) is 10.1 Å². The van der Waals surface area contributed by atoms with Gasteiger partial charge in [-0.2, -0.15) is 0 Å². The van der Waals surface area contributed by atoms with E-state index in [9.17, 15) is 14.0 Å². The zero-order valence-electron chi connectivity index (χ0n) is 13.5. The van der Waals surface area contributed by atoms with Crippen LogP contribution in [0.1, 0.15) is 29.8 Å². The summed E-state index contributed by atoms with van der Waals surface area (Å²) in [6.07, 6.45) is -0.859. The van der Waals surface area contributed by atoms with E-state index in [4.69, 9.17) is 4.74 Å². The third-order valence-electron chi connectivity index (χ3n) is 3.38. The summed E-state index contributed by atoms with van der Waals surface area (Å²) in [5, 5.41) is 2.75. The molecule has 2 aromatic carbocycles. The number of hydrogen-bond donors (Lipinski definition) is 1. The molecule has 6 heteroatoms. The molecule has 0 heterocycles. The van der Waals surface area contributed by atoms with Gasteiger partial charge >= 0.3 is 0 Å². The minimum absolute atomic E-state index is 0.103. The number of Topliss-reactive ketones (excluding diaryl/α,β-unsaturated/α-hetero) is 1. The fourth-order valence-corrected chi connectivity index (χ4v) is 2.67. The van der Waals surface area contributed by atoms with Crippen molar-refractivity contribution < 1.29 is 18.7 Å². The molecule has 0 unspecified atom stereocenters. The number of benzene rings is 2. The standard InChI is InChI=1S/C18H17BrFNO3/c1-10-4-6-16(15(19)8-10)21-18(23)12(3)24-17-7-5-13(20)9-14(17)11(2)22/h4-9,12H,1-3H3,(H,21,23)/t12-/m0/s1. The van der Waals surface area contributed by atoms with Gasteiger partial charge in [-0.1, -0.05) is 6.07 Å². The van der Waals surface area contributed by atoms with E-state index in [0.717, 1.165) is 16.1 Å². The smallest absolute Gasteiger partial charge is 0.265 e. The van der Waals surface area contributed by atoms with Gasteiger partial charge in [0, 0.05) is 4.47 Å². The summed E-state index contributed by atoms with van der Waals surface area (Å²) in [6, 6.07) is 9.16. The Bertz CT molecular complexity index is 792. The van der Waals surface area contributed by atoms with Gasteiger partial charge in [0.15, 0.2) is 11.9 Å². The Morgan fingerprint density at radius 2 is 1.92 bits per heavy atom. The number of ether oxygens (including phenoxy) is 1. The second-order valence-corrected chi connectivity index (χ2v) is 6.28. The third-order valence-corrected chi connectivity index (χ3v) is 4.03. The van der Waals surface area contributed by atoms with E-state index < -0.39 is 11.9 Å². The van der Waals surface area contributed by atoms with Crippen molar-refractivity contribution in [1.29, 1.82) is 0 Å². The minimum Gasteiger partial charge on any atom is -0.480 e. The highest BCUT2D eigenvalue weighted by Gasteiger charge is 2.19. The summed E-state index contributed by atoms with van der Waals surface area (Å²) < 4.78 is 19.6. The number of hydrogen-bond acceptors (Lipinski definition) is 3. The number of nitrogens with one attached hydrogen (secondary N) is 1. The molecule has 0 radical (unpaired) electrons. The van der Waals surface area contributed by atoms with Gasteiger partial charge in [0.05, 0.1) is 11.3 Å². The molecule has 0 spiro atoms. The maximum absolute atomic E-state index is 13.3. The number of rotatable bonds is 5. The molecule has 126 valence electrons. The second kappa shape index (κ2) is 7.57. The van der Waals surface area contributed by atoms with Crippen molar-refractivity contribution in [1.82, 2.24) is 0 Å². The second-order valence-electron chi connectivity index (χ2n) is 5.43. The monoisotopic (exact) mass is 393 g/mol. The molecule has 0 bridgehead atoms. The van der Waals surface area contributed by atoms with Crippen molar-refractivity contribution in [2.75, 3.05) is 5.32 Å². The van der Waals surface area contributed by atoms with Crippen LogP contribution in [0.2, 0.25) is 0 Å². The Balaban J connectivity index is 2.13. The highest BCUT2D eigenvalue weighted by Crippen LogP contribution is 2.25. The average molecular weight is 394 g/mol. The van der Waals surface area contributed by atoms with Crippen LogP contribution in [0, 0.1) is 12.7 Å². The van der Waals surface area contributed by atoms with Crippen molar-refractivity contribution >= 4 is 33.3 Å². The molecular formula is C18H17BrFNO3. The van der Waals surface area contributed by atoms with E-state index in [1.807, 2.05) is 19.1 Å². The first-order chi connectivity index (χ1) is 11.3. The van der Waals surface area contributed by atoms with Gasteiger partial charge in [-0.3, -0.25) is 9.59 Å². The van der Waals surface area contributed by atoms with Crippen LogP contribution in [0.15, 0.2) is 40.9 Å². The van der Waals surface area contributed by atoms with Crippen LogP contribution in [0.5, 0.6) is 5.75 Å². The summed E-state index contributed by atoms with van der Waals surface area (Å²) in [4.78, 5) is 23.9. The van der Waals surface area contributed by atoms with Gasteiger partial charge in [0.1, 0.15) is 11.6 Å². The molecule has 4 nitrogen and oxygen atoms in total. The van der Waals surface area contributed by atoms with Crippen molar-refractivity contribution in [3.05, 3.63) is 57.8 Å². The average Bonchev–Trinajstić information content (AvgIpc) is 2.51. The third kappa shape index (κ3) is 4.41. The quantitative estimate of drug-likeness (QED) is 0.760. The van der Waals surface area contributed by atoms with Crippen LogP contribution in [-0.4, -0.2) is 17.8 Å². The topological polar surface area (TPSA) is 55.4 Å². The largest absolute Gasteiger partial charge is 0.480 e. The highest BCUT2D eigenvalue weighted by atomic mass is 79.9. The van der Waals surface area contributed by atoms with Gasteiger partial charge < -0.3 is 10.1 Å². The van der Waals surface area contributed by atoms with Gasteiger partial charge in [-0.25, -0.2) is 4.39 Å². The molecular weight excluding hydrogens is 377 g/mol. The van der Waals surface area contributed by atoms with Crippen LogP contribution in [0.3, 0.4) is 0 Å². The molecule has 1 amide bonds. The normalized spacial score (nSPS) is 11.7. The van der Waals surface area contributed by atoms with Crippen LogP contribution in [0.25, 0.3) is 0 Å². The molecule has 0 saturated carbocycles. The van der Waals surface area contributed by atoms with Crippen LogP contribution >= 0.6 is 15.9 Å². The highest BCUT2D eigenvalue weighted by molar-refractivity contribution is 9.10. The Labute approximate surface area is 148 Å². The lowest BCUT2D eigenvalue weighted by molar-refractivity contribution is -0.122. The lowest BCUT2D eigenvalue weighted by Crippen LogP contribution is -2.30. The summed E-state index contributed by atoms with van der Waals surface area (Å²) in [5.74, 6) is -1.07. The Kier molecular flexibility index (Phi) is 5.72. The molecule has 0 aliphatic carbocycles. The molecule has 0 saturated heterocycles. The number of amides is 1. The number of carbonyl (C=O) groups is 2. The number of anilines is 1. The number of aryl methyl sites for hydroxylation is 1. The van der Waals surface area contributed by atoms with E-state index in [0.29, 0.717) is 5.69 Å². The number of halogens is 2. The predicted molar refractivity (Wildman–Crippen MR) is 94.0 cm³/mol. The molecule has 24 heavy (non-hydrogen) atoms. The van der Waals surface area contributed by atoms with E-state index in [1.54, 1.807) is 13.0 Å². The molecule has 2 rings (SSSR count). The van der Waals surface area contributed by atoms with Crippen LogP contribution in [-0.2, 0) is 4.79 Å². The summed E-state index contributed by atoms with van der Waals surface area (Å²) >= 11 is 3.39. The van der Waals surface area contributed by atoms with Crippen molar-refractivity contribution in [2.24, 2.45) is 0 Å². The van der Waals surface area contributed by atoms with Crippen molar-refractivity contribution in [3.8, 4) is 5.75 Å². The SMILES string of the molecule is CC(=O)c1cc(F)ccc1O[C@@H](C)C(=O)Nc1ccc(C)cc1Br. The molecule has 0 fully saturated rings. The lowest BCUT2D eigenvalue weighted by Gasteiger charge is -2.17. The Hall–Kier alpha value is -2.21. The van der Waals surface area contributed by atoms with Gasteiger partial charge in [-0.05, 0) is 72.6 Å². The van der Waals surface area contributed by atoms with Crippen molar-refractivity contribution in [3.63, 3.8) is 0 Å². The number of carbonyl (C=O) groups excluding carboxylic acids is 2. The molecule has 1 atom stereocenters. The zero-order chi connectivity index (χ0) is 17.9. The van der Waals surface area contributed by atoms with E-state index in [2.05, 4.69) is 21.2 Å². The maximum Gasteiger partial charge on any atom is 0.265 e. The first kappa shape index (κ1) is 18.1. The summed E-state index contributed by atoms with van der Waals surface area (Å²) in [7, 11) is 0. The summed E-state index contributed by atoms with van der Waals surface area (Å²) in [6.45, 7) is 4.82. The minimum atomic E-state index is -0.859. The molecule has 0 aliphatic rings. The molecule has 0 aliphatic heterocycles. The van der Waals surface area contributed by atoms with Gasteiger partial charge in [-0.15, -0.1) is 0 Å². The van der Waals surface area contributed by atoms with Gasteiger partial charge in [0.2, 0.25) is 0 Å². The van der Waals surface area contributed by atoms with E-state index in [1.165, 1.54) is 19.1 Å². The molecule has 2 aromatic rings. The van der Waals surface area contributed by atoms with Crippen molar-refractivity contribution in [2.45, 2.75) is 26.9 Å². The summed E-state index contributed by atoms with van der Waals surface area (Å²) in [5.41, 5.74) is 1.78. The Morgan fingerprint density at radius 3 is 2.54 bits per heavy atom. The zero-order valence-corrected chi connectivity index (χ0v) is 15.1. The fraction of sp³-hybridized carbons (Fsp3) is 0.222. The van der Waals surface area contributed by atoms with E-state index >= 15 is 0 Å². The van der Waals surface area contributed by atoms with E-state index in [-0.39, 0.29) is 23.0 Å².